The van der Waals surface area contributed by atoms with Crippen molar-refractivity contribution in [1.82, 2.24) is 28.8 Å². The Kier molecular flexibility index (Phi) is 6.32. The zero-order valence-electron chi connectivity index (χ0n) is 20.5. The Morgan fingerprint density at radius 2 is 1.94 bits per heavy atom. The number of hydrogen-bond donors (Lipinski definition) is 1. The lowest BCUT2D eigenvalue weighted by Crippen LogP contribution is -2.45. The molecule has 2 N–H and O–H groups in total. The quantitative estimate of drug-likeness (QED) is 0.402. The van der Waals surface area contributed by atoms with Gasteiger partial charge in [0, 0.05) is 61.5 Å². The Bertz CT molecular complexity index is 1560. The molecular formula is C27H30ClN7O. The van der Waals surface area contributed by atoms with Crippen LogP contribution in [0.3, 0.4) is 0 Å². The predicted molar refractivity (Wildman–Crippen MR) is 144 cm³/mol. The smallest absolute Gasteiger partial charge is 0.253 e. The fourth-order valence-corrected chi connectivity index (χ4v) is 5.24. The molecule has 1 saturated heterocycles. The molecule has 6 rings (SSSR count). The summed E-state index contributed by atoms with van der Waals surface area (Å²) in [6.45, 7) is 2.06. The first-order valence-electron chi connectivity index (χ1n) is 12.1. The third-order valence-electron chi connectivity index (χ3n) is 7.01. The van der Waals surface area contributed by atoms with E-state index in [0.717, 1.165) is 58.4 Å². The number of fused-ring (bicyclic) bond motifs is 2. The van der Waals surface area contributed by atoms with Crippen LogP contribution in [0.2, 0.25) is 0 Å². The standard InChI is InChI=1S/C27H29N7O.ClH/c1-31-15-18(14-29-31)16-34-23-8-4-3-6-19(23)13-25(34)26-30-22-12-20(9-10-24(22)32(26)2)27(35)33-11-5-7-21(28)17-33;/h3-4,6,8-10,12-15,21H,5,7,11,16-17,28H2,1-2H3;1H/t21-;/m1./s1. The van der Waals surface area contributed by atoms with Gasteiger partial charge in [0.2, 0.25) is 0 Å². The van der Waals surface area contributed by atoms with Gasteiger partial charge >= 0.3 is 0 Å². The van der Waals surface area contributed by atoms with Crippen molar-refractivity contribution in [2.24, 2.45) is 19.8 Å². The van der Waals surface area contributed by atoms with Gasteiger partial charge < -0.3 is 19.8 Å². The molecule has 2 aromatic carbocycles. The lowest BCUT2D eigenvalue weighted by Gasteiger charge is -2.30. The molecule has 3 aromatic heterocycles. The number of benzene rings is 2. The minimum absolute atomic E-state index is 0. The first-order chi connectivity index (χ1) is 17.0. The van der Waals surface area contributed by atoms with Crippen molar-refractivity contribution < 1.29 is 4.79 Å². The van der Waals surface area contributed by atoms with E-state index in [1.807, 2.05) is 54.3 Å². The van der Waals surface area contributed by atoms with E-state index in [2.05, 4.69) is 44.6 Å². The topological polar surface area (TPSA) is 86.9 Å². The first-order valence-corrected chi connectivity index (χ1v) is 12.1. The van der Waals surface area contributed by atoms with Gasteiger partial charge in [-0.3, -0.25) is 9.48 Å². The minimum Gasteiger partial charge on any atom is -0.337 e. The molecule has 0 unspecified atom stereocenters. The Labute approximate surface area is 215 Å². The fraction of sp³-hybridized carbons (Fsp3) is 0.296. The zero-order chi connectivity index (χ0) is 24.1. The summed E-state index contributed by atoms with van der Waals surface area (Å²) >= 11 is 0. The second kappa shape index (κ2) is 9.44. The molecule has 0 saturated carbocycles. The summed E-state index contributed by atoms with van der Waals surface area (Å²) in [5.41, 5.74) is 11.9. The SMILES string of the molecule is Cl.Cn1cc(Cn2c(-c3nc4cc(C(=O)N5CCC[C@@H](N)C5)ccc4n3C)cc3ccccc32)cn1. The summed E-state index contributed by atoms with van der Waals surface area (Å²) in [5, 5.41) is 5.50. The molecule has 0 spiro atoms. The molecule has 1 amide bonds. The van der Waals surface area contributed by atoms with Gasteiger partial charge in [-0.15, -0.1) is 12.4 Å². The fourth-order valence-electron chi connectivity index (χ4n) is 5.24. The minimum atomic E-state index is 0. The summed E-state index contributed by atoms with van der Waals surface area (Å²) in [6.07, 6.45) is 5.86. The highest BCUT2D eigenvalue weighted by Crippen LogP contribution is 2.31. The number of carbonyl (C=O) groups is 1. The molecule has 1 atom stereocenters. The van der Waals surface area contributed by atoms with E-state index < -0.39 is 0 Å². The lowest BCUT2D eigenvalue weighted by atomic mass is 10.1. The molecule has 0 aliphatic carbocycles. The predicted octanol–water partition coefficient (Wildman–Crippen LogP) is 3.96. The second-order valence-electron chi connectivity index (χ2n) is 9.55. The van der Waals surface area contributed by atoms with Gasteiger partial charge in [0.1, 0.15) is 0 Å². The van der Waals surface area contributed by atoms with Crippen molar-refractivity contribution in [2.45, 2.75) is 25.4 Å². The first kappa shape index (κ1) is 24.1. The van der Waals surface area contributed by atoms with Gasteiger partial charge in [-0.1, -0.05) is 18.2 Å². The van der Waals surface area contributed by atoms with Crippen molar-refractivity contribution in [3.63, 3.8) is 0 Å². The Morgan fingerprint density at radius 1 is 1.11 bits per heavy atom. The Balaban J connectivity index is 0.00000267. The number of aryl methyl sites for hydroxylation is 2. The zero-order valence-corrected chi connectivity index (χ0v) is 21.3. The van der Waals surface area contributed by atoms with E-state index in [0.29, 0.717) is 18.7 Å². The van der Waals surface area contributed by atoms with Crippen molar-refractivity contribution >= 4 is 40.3 Å². The number of hydrogen-bond acceptors (Lipinski definition) is 4. The van der Waals surface area contributed by atoms with Crippen LogP contribution in [0, 0.1) is 0 Å². The second-order valence-corrected chi connectivity index (χ2v) is 9.55. The van der Waals surface area contributed by atoms with Crippen molar-refractivity contribution in [3.05, 3.63) is 72.1 Å². The largest absolute Gasteiger partial charge is 0.337 e. The summed E-state index contributed by atoms with van der Waals surface area (Å²) in [4.78, 5) is 20.0. The van der Waals surface area contributed by atoms with E-state index in [4.69, 9.17) is 10.7 Å². The van der Waals surface area contributed by atoms with Gasteiger partial charge in [-0.2, -0.15) is 5.10 Å². The molecule has 8 nitrogen and oxygen atoms in total. The van der Waals surface area contributed by atoms with Gasteiger partial charge in [0.05, 0.1) is 29.5 Å². The summed E-state index contributed by atoms with van der Waals surface area (Å²) in [6, 6.07) is 16.4. The van der Waals surface area contributed by atoms with Gasteiger partial charge in [-0.25, -0.2) is 4.98 Å². The molecule has 0 radical (unpaired) electrons. The number of rotatable bonds is 4. The molecule has 4 heterocycles. The van der Waals surface area contributed by atoms with Crippen LogP contribution in [0.5, 0.6) is 0 Å². The number of imidazole rings is 1. The van der Waals surface area contributed by atoms with Crippen molar-refractivity contribution in [3.8, 4) is 11.5 Å². The molecule has 36 heavy (non-hydrogen) atoms. The highest BCUT2D eigenvalue weighted by molar-refractivity contribution is 5.98. The van der Waals surface area contributed by atoms with E-state index >= 15 is 0 Å². The van der Waals surface area contributed by atoms with Crippen LogP contribution in [-0.2, 0) is 20.6 Å². The summed E-state index contributed by atoms with van der Waals surface area (Å²) in [5.74, 6) is 0.893. The maximum absolute atomic E-state index is 13.2. The highest BCUT2D eigenvalue weighted by atomic mass is 35.5. The number of aromatic nitrogens is 5. The van der Waals surface area contributed by atoms with Crippen LogP contribution in [0.4, 0.5) is 0 Å². The number of para-hydroxylation sites is 1. The molecule has 186 valence electrons. The van der Waals surface area contributed by atoms with E-state index in [1.165, 1.54) is 0 Å². The molecule has 0 bridgehead atoms. The molecule has 1 fully saturated rings. The average Bonchev–Trinajstić information content (AvgIpc) is 3.54. The maximum atomic E-state index is 13.2. The number of likely N-dealkylation sites (tertiary alicyclic amines) is 1. The van der Waals surface area contributed by atoms with E-state index in [1.54, 1.807) is 0 Å². The number of carbonyl (C=O) groups excluding carboxylic acids is 1. The van der Waals surface area contributed by atoms with Crippen LogP contribution in [-0.4, -0.2) is 53.8 Å². The monoisotopic (exact) mass is 503 g/mol. The van der Waals surface area contributed by atoms with Crippen LogP contribution < -0.4 is 5.73 Å². The number of nitrogens with zero attached hydrogens (tertiary/aromatic N) is 6. The summed E-state index contributed by atoms with van der Waals surface area (Å²) in [7, 11) is 3.96. The van der Waals surface area contributed by atoms with E-state index in [-0.39, 0.29) is 24.4 Å². The highest BCUT2D eigenvalue weighted by Gasteiger charge is 2.24. The normalized spacial score (nSPS) is 16.0. The van der Waals surface area contributed by atoms with Gasteiger partial charge in [-0.05, 0) is 43.2 Å². The molecule has 1 aliphatic rings. The van der Waals surface area contributed by atoms with Crippen LogP contribution in [0.25, 0.3) is 33.5 Å². The average molecular weight is 504 g/mol. The van der Waals surface area contributed by atoms with E-state index in [9.17, 15) is 4.79 Å². The third-order valence-corrected chi connectivity index (χ3v) is 7.01. The van der Waals surface area contributed by atoms with Crippen molar-refractivity contribution in [1.29, 1.82) is 0 Å². The van der Waals surface area contributed by atoms with Crippen molar-refractivity contribution in [2.75, 3.05) is 13.1 Å². The number of nitrogens with two attached hydrogens (primary N) is 1. The summed E-state index contributed by atoms with van der Waals surface area (Å²) < 4.78 is 6.21. The number of amides is 1. The number of piperidine rings is 1. The Hall–Kier alpha value is -3.62. The molecular weight excluding hydrogens is 474 g/mol. The molecule has 1 aliphatic heterocycles. The molecule has 9 heteroatoms. The van der Waals surface area contributed by atoms with Crippen LogP contribution >= 0.6 is 12.4 Å². The van der Waals surface area contributed by atoms with Crippen LogP contribution in [0.1, 0.15) is 28.8 Å². The maximum Gasteiger partial charge on any atom is 0.253 e. The molecule has 5 aromatic rings. The van der Waals surface area contributed by atoms with Gasteiger partial charge in [0.25, 0.3) is 5.91 Å². The third kappa shape index (κ3) is 4.16. The number of halogens is 1. The van der Waals surface area contributed by atoms with Gasteiger partial charge in [0.15, 0.2) is 5.82 Å². The Morgan fingerprint density at radius 3 is 2.72 bits per heavy atom. The van der Waals surface area contributed by atoms with Crippen LogP contribution in [0.15, 0.2) is 60.9 Å². The lowest BCUT2D eigenvalue weighted by molar-refractivity contribution is 0.0709.